The third kappa shape index (κ3) is 3.43. The second kappa shape index (κ2) is 6.29. The van der Waals surface area contributed by atoms with Gasteiger partial charge in [-0.05, 0) is 41.0 Å². The number of hydrogen-bond acceptors (Lipinski definition) is 3. The first kappa shape index (κ1) is 15.3. The van der Waals surface area contributed by atoms with Crippen LogP contribution in [-0.4, -0.2) is 22.0 Å². The van der Waals surface area contributed by atoms with Crippen LogP contribution in [0.15, 0.2) is 15.8 Å². The zero-order chi connectivity index (χ0) is 16.0. The summed E-state index contributed by atoms with van der Waals surface area (Å²) in [5, 5.41) is -0.169. The van der Waals surface area contributed by atoms with Gasteiger partial charge in [0.1, 0.15) is 6.23 Å². The second-order valence-electron chi connectivity index (χ2n) is 4.94. The molecule has 1 aliphatic rings. The highest BCUT2D eigenvalue weighted by Gasteiger charge is 2.39. The van der Waals surface area contributed by atoms with E-state index < -0.39 is 23.4 Å². The zero-order valence-corrected chi connectivity index (χ0v) is 16.4. The van der Waals surface area contributed by atoms with Gasteiger partial charge in [-0.25, -0.2) is 4.79 Å². The van der Waals surface area contributed by atoms with Crippen LogP contribution in [0, 0.1) is 6.92 Å². The SMILES string of the molecule is [3H]S(=P)(P)(I)C1C[C@@H](CC)O[C@H]1n1cc(C)c(=O)[nH]c1=O. The lowest BCUT2D eigenvalue weighted by Gasteiger charge is -2.28. The fourth-order valence-electron chi connectivity index (χ4n) is 2.31. The molecule has 1 aromatic rings. The van der Waals surface area contributed by atoms with Crippen molar-refractivity contribution in [3.05, 3.63) is 32.6 Å². The normalized spacial score (nSPS) is 29.7. The topological polar surface area (TPSA) is 64.1 Å². The Bertz CT molecular complexity index is 733. The molecule has 4 atom stereocenters. The number of ether oxygens (including phenoxy) is 1. The van der Waals surface area contributed by atoms with Crippen LogP contribution in [0.5, 0.6) is 0 Å². The fraction of sp³-hybridized carbons (Fsp3) is 0.636. The van der Waals surface area contributed by atoms with E-state index in [-0.39, 0.29) is 11.4 Å². The molecule has 0 bridgehead atoms. The summed E-state index contributed by atoms with van der Waals surface area (Å²) in [6, 6.07) is 0. The van der Waals surface area contributed by atoms with Gasteiger partial charge < -0.3 is 4.74 Å². The summed E-state index contributed by atoms with van der Waals surface area (Å²) in [6.07, 6.45) is 2.49. The largest absolute Gasteiger partial charge is 0.353 e. The molecule has 0 aliphatic carbocycles. The van der Waals surface area contributed by atoms with Crippen molar-refractivity contribution < 1.29 is 4.74 Å². The Morgan fingerprint density at radius 3 is 2.95 bits per heavy atom. The number of nitrogens with one attached hydrogen (secondary N) is 1. The van der Waals surface area contributed by atoms with Crippen molar-refractivity contribution in [2.45, 2.75) is 44.3 Å². The molecule has 1 aliphatic heterocycles. The molecule has 0 spiro atoms. The number of aromatic nitrogens is 2. The molecule has 2 unspecified atom stereocenters. The number of hydrogen-bond donors (Lipinski definition) is 2. The lowest BCUT2D eigenvalue weighted by Crippen LogP contribution is -2.37. The van der Waals surface area contributed by atoms with E-state index in [1.54, 1.807) is 6.92 Å². The molecule has 20 heavy (non-hydrogen) atoms. The molecule has 9 heteroatoms. The molecule has 0 aromatic carbocycles. The highest BCUT2D eigenvalue weighted by atomic mass is 127. The van der Waals surface area contributed by atoms with Crippen LogP contribution in [-0.2, 0) is 10.6 Å². The van der Waals surface area contributed by atoms with Crippen molar-refractivity contribution in [1.82, 2.24) is 9.55 Å². The van der Waals surface area contributed by atoms with Crippen molar-refractivity contribution in [2.24, 2.45) is 0 Å². The van der Waals surface area contributed by atoms with Gasteiger partial charge in [-0.2, -0.15) is 5.90 Å². The van der Waals surface area contributed by atoms with E-state index in [4.69, 9.17) is 5.86 Å². The van der Waals surface area contributed by atoms with Gasteiger partial charge in [-0.3, -0.25) is 14.3 Å². The predicted molar refractivity (Wildman–Crippen MR) is 99.5 cm³/mol. The second-order valence-corrected chi connectivity index (χ2v) is 22.2. The molecule has 1 fully saturated rings. The molecule has 114 valence electrons. The van der Waals surface area contributed by atoms with Crippen LogP contribution in [0.3, 0.4) is 0 Å². The Morgan fingerprint density at radius 2 is 2.40 bits per heavy atom. The Balaban J connectivity index is 2.55. The average Bonchev–Trinajstić information content (AvgIpc) is 2.77. The maximum absolute atomic E-state index is 12.1. The molecule has 0 amide bonds. The molecular formula is C11H19IN2O3P2S. The van der Waals surface area contributed by atoms with Gasteiger partial charge in [0.05, 0.1) is 7.23 Å². The Morgan fingerprint density at radius 1 is 1.75 bits per heavy atom. The molecule has 0 saturated carbocycles. The molecule has 1 aromatic heterocycles. The van der Waals surface area contributed by atoms with E-state index in [9.17, 15) is 9.59 Å². The minimum Gasteiger partial charge on any atom is -0.353 e. The minimum atomic E-state index is -2.73. The van der Waals surface area contributed by atoms with Crippen LogP contribution >= 0.6 is 37.7 Å². The summed E-state index contributed by atoms with van der Waals surface area (Å²) in [6.45, 7) is 3.66. The van der Waals surface area contributed by atoms with E-state index in [1.165, 1.54) is 10.8 Å². The van der Waals surface area contributed by atoms with Gasteiger partial charge in [0.2, 0.25) is 0 Å². The van der Waals surface area contributed by atoms with Crippen molar-refractivity contribution in [3.63, 3.8) is 0 Å². The molecule has 0 radical (unpaired) electrons. The van der Waals surface area contributed by atoms with E-state index in [2.05, 4.69) is 42.6 Å². The molecule has 1 N–H and O–H groups in total. The summed E-state index contributed by atoms with van der Waals surface area (Å²) in [5.74, 6) is -2.73. The first-order valence-corrected chi connectivity index (χ1v) is 13.2. The van der Waals surface area contributed by atoms with Crippen LogP contribution in [0.25, 0.3) is 0 Å². The highest BCUT2D eigenvalue weighted by molar-refractivity contribution is 14.2. The maximum Gasteiger partial charge on any atom is 0.330 e. The lowest BCUT2D eigenvalue weighted by molar-refractivity contribution is -0.000584. The molecular weight excluding hydrogens is 429 g/mol. The summed E-state index contributed by atoms with van der Waals surface area (Å²) in [7, 11) is 6.15. The van der Waals surface area contributed by atoms with E-state index in [1.807, 2.05) is 6.92 Å². The number of halogens is 1. The standard InChI is InChI=1S/C11H19IN2O3P2S/c1-3-7-4-8(20(12,18)19)10(17-7)14-5-6(2)9(15)13-11(14)16/h5,7-8,10,18,20H,3-4,19H2,1-2H3,(H,13,15,16)/t7-,8?,10-/m1/s1/i20T. The number of nitrogens with zero attached hydrogens (tertiary/aromatic N) is 1. The number of aryl methyl sites for hydroxylation is 1. The molecule has 2 heterocycles. The van der Waals surface area contributed by atoms with Crippen LogP contribution < -0.4 is 11.2 Å². The Kier molecular flexibility index (Phi) is 4.83. The summed E-state index contributed by atoms with van der Waals surface area (Å²) < 4.78 is 16.0. The number of aromatic amines is 1. The maximum atomic E-state index is 12.1. The van der Waals surface area contributed by atoms with Crippen molar-refractivity contribution in [3.8, 4) is 0 Å². The molecule has 5 nitrogen and oxygen atoms in total. The summed E-state index contributed by atoms with van der Waals surface area (Å²) in [5.41, 5.74) is -0.439. The monoisotopic (exact) mass is 450 g/mol. The number of rotatable bonds is 3. The van der Waals surface area contributed by atoms with E-state index in [0.717, 1.165) is 6.42 Å². The van der Waals surface area contributed by atoms with Crippen molar-refractivity contribution >= 4 is 43.6 Å². The third-order valence-corrected chi connectivity index (χ3v) is 8.68. The number of thiol groups is 1. The average molecular weight is 450 g/mol. The molecule has 1 saturated heterocycles. The first-order valence-electron chi connectivity index (χ1n) is 6.66. The zero-order valence-electron chi connectivity index (χ0n) is 12.3. The number of H-pyrrole nitrogens is 1. The summed E-state index contributed by atoms with van der Waals surface area (Å²) >= 11 is 2.09. The van der Waals surface area contributed by atoms with Gasteiger partial charge in [-0.1, -0.05) is 23.4 Å². The fourth-order valence-corrected chi connectivity index (χ4v) is 6.09. The van der Waals surface area contributed by atoms with Crippen LogP contribution in [0.4, 0.5) is 0 Å². The smallest absolute Gasteiger partial charge is 0.330 e. The Hall–Kier alpha value is 0.450. The van der Waals surface area contributed by atoms with Crippen molar-refractivity contribution in [2.75, 3.05) is 0 Å². The van der Waals surface area contributed by atoms with Crippen LogP contribution in [0.2, 0.25) is 0 Å². The van der Waals surface area contributed by atoms with Crippen molar-refractivity contribution in [1.29, 1.82) is 1.12 Å². The highest BCUT2D eigenvalue weighted by Crippen LogP contribution is 2.46. The molecule has 2 rings (SSSR count). The van der Waals surface area contributed by atoms with Gasteiger partial charge in [-0.15, -0.1) is 0 Å². The third-order valence-electron chi connectivity index (χ3n) is 3.46. The van der Waals surface area contributed by atoms with Gasteiger partial charge in [0, 0.05) is 17.0 Å². The minimum absolute atomic E-state index is 0.00616. The van der Waals surface area contributed by atoms with Gasteiger partial charge in [0.15, 0.2) is 0 Å². The first-order chi connectivity index (χ1) is 9.49. The summed E-state index contributed by atoms with van der Waals surface area (Å²) in [4.78, 5) is 25.9. The predicted octanol–water partition coefficient (Wildman–Crippen LogP) is 2.00. The Labute approximate surface area is 135 Å². The van der Waals surface area contributed by atoms with E-state index >= 15 is 0 Å². The van der Waals surface area contributed by atoms with E-state index in [0.29, 0.717) is 12.0 Å². The van der Waals surface area contributed by atoms with Gasteiger partial charge in [0.25, 0.3) is 5.56 Å². The van der Waals surface area contributed by atoms with Crippen LogP contribution in [0.1, 0.15) is 31.6 Å². The van der Waals surface area contributed by atoms with Gasteiger partial charge >= 0.3 is 5.69 Å². The lowest BCUT2D eigenvalue weighted by atomic mass is 10.2. The quantitative estimate of drug-likeness (QED) is 0.421.